The van der Waals surface area contributed by atoms with E-state index < -0.39 is 11.9 Å². The minimum atomic E-state index is -0.500. The van der Waals surface area contributed by atoms with Crippen molar-refractivity contribution in [2.75, 3.05) is 11.9 Å². The predicted octanol–water partition coefficient (Wildman–Crippen LogP) is 6.06. The SMILES string of the molecule is CC(C)Oc1cc(-c2cc3cccc(-c4cc(C(C)C)c5c(c4)n(C)c(=O)n5C)c3cn2)cnc1C(=O)NCC#Cc1cccc(NC2CCC(=O)NC2=O)c1. The quantitative estimate of drug-likeness (QED) is 0.119. The number of aromatic nitrogens is 4. The Labute approximate surface area is 324 Å². The van der Waals surface area contributed by atoms with Crippen molar-refractivity contribution in [1.29, 1.82) is 0 Å². The van der Waals surface area contributed by atoms with Gasteiger partial charge in [0.05, 0.1) is 29.4 Å². The Morgan fingerprint density at radius 3 is 2.52 bits per heavy atom. The van der Waals surface area contributed by atoms with Crippen LogP contribution in [0.5, 0.6) is 5.75 Å². The molecular weight excluding hydrogens is 707 g/mol. The molecule has 1 atom stereocenters. The van der Waals surface area contributed by atoms with Gasteiger partial charge in [-0.1, -0.05) is 50.0 Å². The van der Waals surface area contributed by atoms with Crippen molar-refractivity contribution in [3.05, 3.63) is 106 Å². The number of benzene rings is 3. The Morgan fingerprint density at radius 2 is 1.75 bits per heavy atom. The summed E-state index contributed by atoms with van der Waals surface area (Å²) in [5.74, 6) is 5.50. The summed E-state index contributed by atoms with van der Waals surface area (Å²) in [5.41, 5.74) is 7.78. The summed E-state index contributed by atoms with van der Waals surface area (Å²) in [4.78, 5) is 59.2. The average molecular weight is 750 g/mol. The summed E-state index contributed by atoms with van der Waals surface area (Å²) in [6.45, 7) is 8.10. The molecule has 12 nitrogen and oxygen atoms in total. The summed E-state index contributed by atoms with van der Waals surface area (Å²) in [5, 5.41) is 10.3. The molecule has 0 bridgehead atoms. The lowest BCUT2D eigenvalue weighted by molar-refractivity contribution is -0.133. The number of carbonyl (C=O) groups is 3. The van der Waals surface area contributed by atoms with Gasteiger partial charge >= 0.3 is 5.69 Å². The van der Waals surface area contributed by atoms with Crippen molar-refractivity contribution in [1.82, 2.24) is 29.7 Å². The Hall–Kier alpha value is -6.74. The fourth-order valence-corrected chi connectivity index (χ4v) is 7.04. The zero-order valence-electron chi connectivity index (χ0n) is 32.2. The van der Waals surface area contributed by atoms with Crippen LogP contribution < -0.4 is 26.4 Å². The van der Waals surface area contributed by atoms with Gasteiger partial charge in [0.2, 0.25) is 11.8 Å². The maximum atomic E-state index is 13.3. The third-order valence-electron chi connectivity index (χ3n) is 9.83. The van der Waals surface area contributed by atoms with Crippen molar-refractivity contribution in [2.45, 2.75) is 58.6 Å². The molecule has 7 rings (SSSR count). The van der Waals surface area contributed by atoms with E-state index in [2.05, 4.69) is 64.8 Å². The molecule has 0 radical (unpaired) electrons. The number of nitrogens with zero attached hydrogens (tertiary/aromatic N) is 4. The number of ether oxygens (including phenoxy) is 1. The number of piperidine rings is 1. The van der Waals surface area contributed by atoms with Crippen LogP contribution in [0, 0.1) is 11.8 Å². The second-order valence-corrected chi connectivity index (χ2v) is 14.5. The first-order valence-electron chi connectivity index (χ1n) is 18.6. The topological polar surface area (TPSA) is 149 Å². The zero-order valence-corrected chi connectivity index (χ0v) is 32.2. The summed E-state index contributed by atoms with van der Waals surface area (Å²) in [6, 6.07) is 20.9. The second-order valence-electron chi connectivity index (χ2n) is 14.5. The maximum absolute atomic E-state index is 13.3. The van der Waals surface area contributed by atoms with Gasteiger partial charge in [-0.15, -0.1) is 0 Å². The van der Waals surface area contributed by atoms with Crippen LogP contribution in [0.3, 0.4) is 0 Å². The van der Waals surface area contributed by atoms with E-state index >= 15 is 0 Å². The summed E-state index contributed by atoms with van der Waals surface area (Å²) in [7, 11) is 3.62. The summed E-state index contributed by atoms with van der Waals surface area (Å²) in [6.07, 6.45) is 3.95. The smallest absolute Gasteiger partial charge is 0.328 e. The van der Waals surface area contributed by atoms with Crippen LogP contribution in [0.1, 0.15) is 68.1 Å². The van der Waals surface area contributed by atoms with Gasteiger partial charge in [0, 0.05) is 55.1 Å². The third kappa shape index (κ3) is 7.61. The number of imidazole rings is 1. The molecule has 3 aromatic carbocycles. The number of rotatable bonds is 9. The largest absolute Gasteiger partial charge is 0.489 e. The van der Waals surface area contributed by atoms with Gasteiger partial charge in [-0.05, 0) is 90.7 Å². The first-order chi connectivity index (χ1) is 26.9. The van der Waals surface area contributed by atoms with Gasteiger partial charge < -0.3 is 15.4 Å². The molecule has 3 aromatic heterocycles. The molecule has 1 unspecified atom stereocenters. The van der Waals surface area contributed by atoms with Crippen molar-refractivity contribution in [3.63, 3.8) is 0 Å². The predicted molar refractivity (Wildman–Crippen MR) is 217 cm³/mol. The number of fused-ring (bicyclic) bond motifs is 2. The third-order valence-corrected chi connectivity index (χ3v) is 9.83. The molecule has 4 heterocycles. The van der Waals surface area contributed by atoms with E-state index in [4.69, 9.17) is 9.72 Å². The Balaban J connectivity index is 1.10. The Bertz CT molecular complexity index is 2660. The standard InChI is InChI=1S/C44H43N7O5/c1-25(2)33-19-29(21-37-41(33)51(6)44(55)50(37)5)32-14-8-12-28-20-36(46-24-34(28)32)30-22-38(56-26(3)4)40(47-23-30)43(54)45-17-9-11-27-10-7-13-31(18-27)48-35-15-16-39(52)49-42(35)53/h7-8,10,12-14,18-26,35,48H,15-17H2,1-6H3,(H,45,54)(H,49,52,53). The number of pyridine rings is 2. The van der Waals surface area contributed by atoms with Gasteiger partial charge in [-0.25, -0.2) is 9.78 Å². The number of anilines is 1. The Morgan fingerprint density at radius 1 is 0.946 bits per heavy atom. The van der Waals surface area contributed by atoms with Crippen LogP contribution in [0.25, 0.3) is 44.2 Å². The number of hydrogen-bond acceptors (Lipinski definition) is 8. The van der Waals surface area contributed by atoms with E-state index in [0.717, 1.165) is 38.5 Å². The fourth-order valence-electron chi connectivity index (χ4n) is 7.04. The minimum absolute atomic E-state index is 0.0593. The minimum Gasteiger partial charge on any atom is -0.489 e. The summed E-state index contributed by atoms with van der Waals surface area (Å²) >= 11 is 0. The van der Waals surface area contributed by atoms with Crippen molar-refractivity contribution >= 4 is 45.2 Å². The molecule has 1 aliphatic rings. The van der Waals surface area contributed by atoms with Crippen LogP contribution in [-0.2, 0) is 23.7 Å². The molecule has 6 aromatic rings. The van der Waals surface area contributed by atoms with Gasteiger partial charge in [-0.2, -0.15) is 0 Å². The molecule has 1 aliphatic heterocycles. The van der Waals surface area contributed by atoms with Crippen LogP contribution in [0.2, 0.25) is 0 Å². The molecule has 12 heteroatoms. The molecule has 3 amide bonds. The van der Waals surface area contributed by atoms with E-state index in [1.54, 1.807) is 28.4 Å². The van der Waals surface area contributed by atoms with E-state index in [0.29, 0.717) is 34.7 Å². The second kappa shape index (κ2) is 15.5. The molecule has 56 heavy (non-hydrogen) atoms. The number of amides is 3. The molecule has 1 saturated heterocycles. The van der Waals surface area contributed by atoms with E-state index in [9.17, 15) is 19.2 Å². The summed E-state index contributed by atoms with van der Waals surface area (Å²) < 4.78 is 9.49. The lowest BCUT2D eigenvalue weighted by Gasteiger charge is -2.22. The molecule has 0 aliphatic carbocycles. The van der Waals surface area contributed by atoms with E-state index in [-0.39, 0.29) is 48.2 Å². The normalized spacial score (nSPS) is 14.2. The number of aryl methyl sites for hydroxylation is 2. The molecule has 0 spiro atoms. The van der Waals surface area contributed by atoms with Gasteiger partial charge in [-0.3, -0.25) is 33.8 Å². The van der Waals surface area contributed by atoms with Gasteiger partial charge in [0.25, 0.3) is 5.91 Å². The number of carbonyl (C=O) groups excluding carboxylic acids is 3. The highest BCUT2D eigenvalue weighted by Gasteiger charge is 2.26. The lowest BCUT2D eigenvalue weighted by atomic mass is 9.93. The first kappa shape index (κ1) is 37.6. The molecule has 1 fully saturated rings. The molecule has 284 valence electrons. The maximum Gasteiger partial charge on any atom is 0.328 e. The van der Waals surface area contributed by atoms with Crippen LogP contribution in [0.4, 0.5) is 5.69 Å². The molecule has 0 saturated carbocycles. The first-order valence-corrected chi connectivity index (χ1v) is 18.6. The highest BCUT2D eigenvalue weighted by Crippen LogP contribution is 2.36. The van der Waals surface area contributed by atoms with Crippen LogP contribution in [-0.4, -0.2) is 55.5 Å². The highest BCUT2D eigenvalue weighted by atomic mass is 16.5. The van der Waals surface area contributed by atoms with Crippen molar-refractivity contribution in [3.8, 4) is 40.0 Å². The van der Waals surface area contributed by atoms with Crippen LogP contribution in [0.15, 0.2) is 83.9 Å². The van der Waals surface area contributed by atoms with E-state index in [1.165, 1.54) is 0 Å². The monoisotopic (exact) mass is 749 g/mol. The van der Waals surface area contributed by atoms with Crippen LogP contribution >= 0.6 is 0 Å². The lowest BCUT2D eigenvalue weighted by Crippen LogP contribution is -2.47. The van der Waals surface area contributed by atoms with Crippen molar-refractivity contribution in [2.24, 2.45) is 14.1 Å². The zero-order chi connectivity index (χ0) is 39.7. The highest BCUT2D eigenvalue weighted by molar-refractivity contribution is 6.02. The number of hydrogen-bond donors (Lipinski definition) is 3. The molecule has 3 N–H and O–H groups in total. The molecular formula is C44H43N7O5. The number of imide groups is 1. The number of nitrogens with one attached hydrogen (secondary N) is 3. The Kier molecular flexibility index (Phi) is 10.4. The average Bonchev–Trinajstić information content (AvgIpc) is 3.39. The fraction of sp³-hybridized carbons (Fsp3) is 0.273. The van der Waals surface area contributed by atoms with Crippen molar-refractivity contribution < 1.29 is 19.1 Å². The van der Waals surface area contributed by atoms with Gasteiger partial charge in [0.15, 0.2) is 11.4 Å². The van der Waals surface area contributed by atoms with Gasteiger partial charge in [0.1, 0.15) is 6.04 Å². The van der Waals surface area contributed by atoms with E-state index in [1.807, 2.05) is 69.6 Å².